The Bertz CT molecular complexity index is 1070. The molecule has 0 saturated carbocycles. The van der Waals surface area contributed by atoms with Gasteiger partial charge < -0.3 is 14.9 Å². The molecule has 3 rings (SSSR count). The maximum Gasteiger partial charge on any atom is 0.328 e. The second-order valence-corrected chi connectivity index (χ2v) is 7.18. The second kappa shape index (κ2) is 7.94. The van der Waals surface area contributed by atoms with Gasteiger partial charge in [0.25, 0.3) is 0 Å². The molecule has 2 N–H and O–H groups in total. The molecule has 3 aromatic rings. The van der Waals surface area contributed by atoms with Gasteiger partial charge in [0, 0.05) is 6.07 Å². The number of aryl methyl sites for hydroxylation is 1. The lowest BCUT2D eigenvalue weighted by molar-refractivity contribution is -0.136. The zero-order chi connectivity index (χ0) is 20.4. The van der Waals surface area contributed by atoms with Crippen LogP contribution in [0.2, 0.25) is 0 Å². The van der Waals surface area contributed by atoms with Crippen LogP contribution < -0.4 is 15.9 Å². The molecule has 1 heterocycles. The number of rotatable bonds is 5. The molecule has 5 nitrogen and oxygen atoms in total. The normalized spacial score (nSPS) is 12.4. The van der Waals surface area contributed by atoms with Crippen LogP contribution in [0.1, 0.15) is 26.0 Å². The van der Waals surface area contributed by atoms with Crippen LogP contribution in [0, 0.1) is 18.7 Å². The fourth-order valence-corrected chi connectivity index (χ4v) is 3.10. The summed E-state index contributed by atoms with van der Waals surface area (Å²) in [5.41, 5.74) is 6.86. The first-order chi connectivity index (χ1) is 13.3. The van der Waals surface area contributed by atoms with Gasteiger partial charge in [0.2, 0.25) is 5.43 Å². The van der Waals surface area contributed by atoms with E-state index in [1.807, 2.05) is 13.8 Å². The quantitative estimate of drug-likeness (QED) is 0.528. The Morgan fingerprint density at radius 1 is 1.18 bits per heavy atom. The van der Waals surface area contributed by atoms with Crippen molar-refractivity contribution < 1.29 is 18.3 Å². The standard InChI is InChI=1S/C22H22FNO4/c1-12(2)10-18(24)22(26)28-16-8-9-17-19(11-16)27-13(3)20(21(17)25)14-4-6-15(23)7-5-14/h4-9,11-12,18H,10,24H2,1-3H3/t18-/m1/s1. The van der Waals surface area contributed by atoms with E-state index in [2.05, 4.69) is 0 Å². The summed E-state index contributed by atoms with van der Waals surface area (Å²) in [6, 6.07) is 9.51. The van der Waals surface area contributed by atoms with Gasteiger partial charge in [0.15, 0.2) is 0 Å². The Morgan fingerprint density at radius 3 is 2.50 bits per heavy atom. The maximum absolute atomic E-state index is 13.2. The average molecular weight is 383 g/mol. The number of nitrogens with two attached hydrogens (primary N) is 1. The third kappa shape index (κ3) is 4.12. The smallest absolute Gasteiger partial charge is 0.328 e. The highest BCUT2D eigenvalue weighted by molar-refractivity contribution is 5.85. The van der Waals surface area contributed by atoms with Gasteiger partial charge in [-0.05, 0) is 49.1 Å². The molecule has 6 heteroatoms. The maximum atomic E-state index is 13.2. The molecule has 2 aromatic carbocycles. The summed E-state index contributed by atoms with van der Waals surface area (Å²) < 4.78 is 24.3. The van der Waals surface area contributed by atoms with Crippen molar-refractivity contribution in [1.82, 2.24) is 0 Å². The van der Waals surface area contributed by atoms with Crippen LogP contribution in [-0.2, 0) is 4.79 Å². The number of hydrogen-bond acceptors (Lipinski definition) is 5. The SMILES string of the molecule is Cc1oc2cc(OC(=O)[C@H](N)CC(C)C)ccc2c(=O)c1-c1ccc(F)cc1. The second-order valence-electron chi connectivity index (χ2n) is 7.18. The summed E-state index contributed by atoms with van der Waals surface area (Å²) in [4.78, 5) is 25.0. The number of carbonyl (C=O) groups excluding carboxylic acids is 1. The summed E-state index contributed by atoms with van der Waals surface area (Å²) in [7, 11) is 0. The van der Waals surface area contributed by atoms with Gasteiger partial charge in [0.05, 0.1) is 10.9 Å². The lowest BCUT2D eigenvalue weighted by Gasteiger charge is -2.13. The van der Waals surface area contributed by atoms with E-state index >= 15 is 0 Å². The van der Waals surface area contributed by atoms with Crippen molar-refractivity contribution in [3.8, 4) is 16.9 Å². The van der Waals surface area contributed by atoms with E-state index < -0.39 is 12.0 Å². The number of ether oxygens (including phenoxy) is 1. The number of hydrogen-bond donors (Lipinski definition) is 1. The van der Waals surface area contributed by atoms with E-state index in [0.29, 0.717) is 34.3 Å². The van der Waals surface area contributed by atoms with Crippen molar-refractivity contribution in [3.63, 3.8) is 0 Å². The van der Waals surface area contributed by atoms with E-state index in [1.165, 1.54) is 36.4 Å². The number of esters is 1. The molecule has 0 aliphatic heterocycles. The van der Waals surface area contributed by atoms with E-state index in [-0.39, 0.29) is 22.9 Å². The van der Waals surface area contributed by atoms with Crippen LogP contribution >= 0.6 is 0 Å². The first-order valence-electron chi connectivity index (χ1n) is 9.07. The van der Waals surface area contributed by atoms with Crippen molar-refractivity contribution in [3.05, 3.63) is 64.3 Å². The Morgan fingerprint density at radius 2 is 1.86 bits per heavy atom. The summed E-state index contributed by atoms with van der Waals surface area (Å²) >= 11 is 0. The minimum atomic E-state index is -0.717. The molecule has 0 bridgehead atoms. The predicted molar refractivity (Wildman–Crippen MR) is 106 cm³/mol. The fraction of sp³-hybridized carbons (Fsp3) is 0.273. The summed E-state index contributed by atoms with van der Waals surface area (Å²) in [5.74, 6) is 0.00588. The molecule has 0 saturated heterocycles. The predicted octanol–water partition coefficient (Wildman–Crippen LogP) is 4.19. The topological polar surface area (TPSA) is 82.5 Å². The van der Waals surface area contributed by atoms with E-state index in [0.717, 1.165) is 0 Å². The highest BCUT2D eigenvalue weighted by atomic mass is 19.1. The van der Waals surface area contributed by atoms with Gasteiger partial charge in [0.1, 0.15) is 29.0 Å². The minimum Gasteiger partial charge on any atom is -0.460 e. The monoisotopic (exact) mass is 383 g/mol. The van der Waals surface area contributed by atoms with E-state index in [9.17, 15) is 14.0 Å². The van der Waals surface area contributed by atoms with Crippen molar-refractivity contribution in [2.45, 2.75) is 33.2 Å². The van der Waals surface area contributed by atoms with Crippen LogP contribution in [0.4, 0.5) is 4.39 Å². The van der Waals surface area contributed by atoms with Crippen molar-refractivity contribution in [1.29, 1.82) is 0 Å². The minimum absolute atomic E-state index is 0.236. The molecule has 0 aliphatic rings. The van der Waals surface area contributed by atoms with Crippen molar-refractivity contribution >= 4 is 16.9 Å². The molecule has 0 unspecified atom stereocenters. The largest absolute Gasteiger partial charge is 0.460 e. The molecule has 0 fully saturated rings. The van der Waals surface area contributed by atoms with Gasteiger partial charge in [-0.1, -0.05) is 26.0 Å². The summed E-state index contributed by atoms with van der Waals surface area (Å²) in [6.45, 7) is 5.61. The molecule has 0 radical (unpaired) electrons. The van der Waals surface area contributed by atoms with Crippen LogP contribution in [0.25, 0.3) is 22.1 Å². The molecule has 1 aromatic heterocycles. The molecule has 0 amide bonds. The Hall–Kier alpha value is -2.99. The third-order valence-corrected chi connectivity index (χ3v) is 4.42. The van der Waals surface area contributed by atoms with Crippen LogP contribution in [0.15, 0.2) is 51.7 Å². The Labute approximate surface area is 161 Å². The first kappa shape index (κ1) is 19.8. The highest BCUT2D eigenvalue weighted by Gasteiger charge is 2.19. The van der Waals surface area contributed by atoms with Gasteiger partial charge in [-0.3, -0.25) is 4.79 Å². The first-order valence-corrected chi connectivity index (χ1v) is 9.07. The zero-order valence-electron chi connectivity index (χ0n) is 16.0. The Kier molecular flexibility index (Phi) is 5.61. The molecule has 1 atom stereocenters. The molecule has 0 aliphatic carbocycles. The zero-order valence-corrected chi connectivity index (χ0v) is 16.0. The van der Waals surface area contributed by atoms with Crippen LogP contribution in [-0.4, -0.2) is 12.0 Å². The molecule has 146 valence electrons. The molecular formula is C22H22FNO4. The molecule has 0 spiro atoms. The average Bonchev–Trinajstić information content (AvgIpc) is 2.62. The van der Waals surface area contributed by atoms with Crippen molar-refractivity contribution in [2.75, 3.05) is 0 Å². The number of fused-ring (bicyclic) bond motifs is 1. The Balaban J connectivity index is 1.96. The summed E-state index contributed by atoms with van der Waals surface area (Å²) in [5, 5.41) is 0.344. The van der Waals surface area contributed by atoms with Crippen LogP contribution in [0.3, 0.4) is 0 Å². The van der Waals surface area contributed by atoms with E-state index in [4.69, 9.17) is 14.9 Å². The fourth-order valence-electron chi connectivity index (χ4n) is 3.10. The number of carbonyl (C=O) groups is 1. The highest BCUT2D eigenvalue weighted by Crippen LogP contribution is 2.26. The lowest BCUT2D eigenvalue weighted by Crippen LogP contribution is -2.35. The van der Waals surface area contributed by atoms with Crippen molar-refractivity contribution in [2.24, 2.45) is 11.7 Å². The van der Waals surface area contributed by atoms with E-state index in [1.54, 1.807) is 13.0 Å². The molecular weight excluding hydrogens is 361 g/mol. The van der Waals surface area contributed by atoms with Gasteiger partial charge in [-0.15, -0.1) is 0 Å². The third-order valence-electron chi connectivity index (χ3n) is 4.42. The van der Waals surface area contributed by atoms with Crippen LogP contribution in [0.5, 0.6) is 5.75 Å². The number of benzene rings is 2. The van der Waals surface area contributed by atoms with Gasteiger partial charge in [-0.25, -0.2) is 9.18 Å². The molecule has 28 heavy (non-hydrogen) atoms. The summed E-state index contributed by atoms with van der Waals surface area (Å²) in [6.07, 6.45) is 0.516. The van der Waals surface area contributed by atoms with Gasteiger partial charge >= 0.3 is 5.97 Å². The lowest BCUT2D eigenvalue weighted by atomic mass is 10.0. The number of halogens is 1. The van der Waals surface area contributed by atoms with Gasteiger partial charge in [-0.2, -0.15) is 0 Å².